The van der Waals surface area contributed by atoms with Crippen LogP contribution in [0.4, 0.5) is 5.82 Å². The molecule has 0 saturated carbocycles. The Labute approximate surface area is 108 Å². The SMILES string of the molecule is CCNc1nc(-c2cn(C)nc2C)ncc1Br. The zero-order valence-electron chi connectivity index (χ0n) is 10.0. The molecule has 0 aliphatic heterocycles. The van der Waals surface area contributed by atoms with Crippen molar-refractivity contribution in [1.29, 1.82) is 0 Å². The average molecular weight is 296 g/mol. The van der Waals surface area contributed by atoms with Gasteiger partial charge in [0.05, 0.1) is 15.7 Å². The minimum Gasteiger partial charge on any atom is -0.369 e. The smallest absolute Gasteiger partial charge is 0.165 e. The summed E-state index contributed by atoms with van der Waals surface area (Å²) in [5, 5.41) is 7.48. The number of hydrogen-bond donors (Lipinski definition) is 1. The van der Waals surface area contributed by atoms with Crippen molar-refractivity contribution in [2.75, 3.05) is 11.9 Å². The lowest BCUT2D eigenvalue weighted by Gasteiger charge is -2.06. The van der Waals surface area contributed by atoms with Crippen molar-refractivity contribution in [1.82, 2.24) is 19.7 Å². The third kappa shape index (κ3) is 2.46. The van der Waals surface area contributed by atoms with Crippen LogP contribution < -0.4 is 5.32 Å². The summed E-state index contributed by atoms with van der Waals surface area (Å²) in [6, 6.07) is 0. The summed E-state index contributed by atoms with van der Waals surface area (Å²) < 4.78 is 2.63. The highest BCUT2D eigenvalue weighted by Crippen LogP contribution is 2.24. The Morgan fingerprint density at radius 1 is 1.47 bits per heavy atom. The van der Waals surface area contributed by atoms with Crippen molar-refractivity contribution < 1.29 is 0 Å². The van der Waals surface area contributed by atoms with Crippen LogP contribution in [0, 0.1) is 6.92 Å². The van der Waals surface area contributed by atoms with Gasteiger partial charge in [-0.3, -0.25) is 4.68 Å². The molecular weight excluding hydrogens is 282 g/mol. The molecule has 0 bridgehead atoms. The Kier molecular flexibility index (Phi) is 3.42. The maximum absolute atomic E-state index is 4.48. The molecule has 1 N–H and O–H groups in total. The highest BCUT2D eigenvalue weighted by molar-refractivity contribution is 9.10. The number of hydrogen-bond acceptors (Lipinski definition) is 4. The van der Waals surface area contributed by atoms with Crippen LogP contribution in [-0.4, -0.2) is 26.3 Å². The second-order valence-electron chi connectivity index (χ2n) is 3.72. The molecule has 0 aliphatic rings. The molecule has 2 aromatic heterocycles. The van der Waals surface area contributed by atoms with Gasteiger partial charge in [-0.05, 0) is 29.8 Å². The molecular formula is C11H14BrN5. The molecule has 0 unspecified atom stereocenters. The van der Waals surface area contributed by atoms with E-state index in [0.717, 1.165) is 28.1 Å². The standard InChI is InChI=1S/C11H14BrN5/c1-4-13-11-9(12)5-14-10(15-11)8-6-17(3)16-7(8)2/h5-6H,4H2,1-3H3,(H,13,14,15). The second-order valence-corrected chi connectivity index (χ2v) is 4.58. The predicted molar refractivity (Wildman–Crippen MR) is 70.8 cm³/mol. The maximum Gasteiger partial charge on any atom is 0.165 e. The van der Waals surface area contributed by atoms with Gasteiger partial charge < -0.3 is 5.32 Å². The summed E-state index contributed by atoms with van der Waals surface area (Å²) in [6.45, 7) is 4.80. The molecule has 5 nitrogen and oxygen atoms in total. The number of rotatable bonds is 3. The van der Waals surface area contributed by atoms with Crippen molar-refractivity contribution in [3.63, 3.8) is 0 Å². The van der Waals surface area contributed by atoms with E-state index in [0.29, 0.717) is 5.82 Å². The Morgan fingerprint density at radius 2 is 2.24 bits per heavy atom. The molecule has 0 atom stereocenters. The molecule has 0 aromatic carbocycles. The highest BCUT2D eigenvalue weighted by Gasteiger charge is 2.11. The normalized spacial score (nSPS) is 10.6. The van der Waals surface area contributed by atoms with Crippen LogP contribution in [0.5, 0.6) is 0 Å². The first-order valence-corrected chi connectivity index (χ1v) is 6.18. The largest absolute Gasteiger partial charge is 0.369 e. The van der Waals surface area contributed by atoms with Gasteiger partial charge in [0.1, 0.15) is 5.82 Å². The number of nitrogens with one attached hydrogen (secondary N) is 1. The van der Waals surface area contributed by atoms with Gasteiger partial charge in [0.15, 0.2) is 5.82 Å². The molecule has 17 heavy (non-hydrogen) atoms. The molecule has 0 amide bonds. The van der Waals surface area contributed by atoms with E-state index >= 15 is 0 Å². The first-order valence-electron chi connectivity index (χ1n) is 5.39. The summed E-state index contributed by atoms with van der Waals surface area (Å²) in [6.07, 6.45) is 3.68. The van der Waals surface area contributed by atoms with Gasteiger partial charge in [0.2, 0.25) is 0 Å². The van der Waals surface area contributed by atoms with Gasteiger partial charge in [0.25, 0.3) is 0 Å². The fourth-order valence-electron chi connectivity index (χ4n) is 1.61. The second kappa shape index (κ2) is 4.83. The van der Waals surface area contributed by atoms with Gasteiger partial charge >= 0.3 is 0 Å². The lowest BCUT2D eigenvalue weighted by atomic mass is 10.2. The number of aromatic nitrogens is 4. The highest BCUT2D eigenvalue weighted by atomic mass is 79.9. The zero-order chi connectivity index (χ0) is 12.4. The summed E-state index contributed by atoms with van der Waals surface area (Å²) in [5.41, 5.74) is 1.89. The van der Waals surface area contributed by atoms with Gasteiger partial charge in [-0.1, -0.05) is 0 Å². The van der Waals surface area contributed by atoms with Gasteiger partial charge in [0, 0.05) is 26.0 Å². The topological polar surface area (TPSA) is 55.6 Å². The van der Waals surface area contributed by atoms with Crippen molar-refractivity contribution in [3.8, 4) is 11.4 Å². The summed E-state index contributed by atoms with van der Waals surface area (Å²) in [7, 11) is 1.89. The number of halogens is 1. The van der Waals surface area contributed by atoms with E-state index in [2.05, 4.69) is 36.3 Å². The molecule has 0 aliphatic carbocycles. The average Bonchev–Trinajstić information content (AvgIpc) is 2.61. The number of nitrogens with zero attached hydrogens (tertiary/aromatic N) is 4. The van der Waals surface area contributed by atoms with Crippen LogP contribution in [0.25, 0.3) is 11.4 Å². The fraction of sp³-hybridized carbons (Fsp3) is 0.364. The molecule has 2 aromatic rings. The first kappa shape index (κ1) is 12.0. The van der Waals surface area contributed by atoms with E-state index in [9.17, 15) is 0 Å². The molecule has 0 radical (unpaired) electrons. The lowest BCUT2D eigenvalue weighted by Crippen LogP contribution is -2.02. The molecule has 0 saturated heterocycles. The van der Waals surface area contributed by atoms with Crippen molar-refractivity contribution in [2.45, 2.75) is 13.8 Å². The van der Waals surface area contributed by atoms with Crippen LogP contribution in [0.1, 0.15) is 12.6 Å². The molecule has 0 spiro atoms. The Morgan fingerprint density at radius 3 is 2.82 bits per heavy atom. The molecule has 2 heterocycles. The lowest BCUT2D eigenvalue weighted by molar-refractivity contribution is 0.756. The van der Waals surface area contributed by atoms with E-state index in [1.165, 1.54) is 0 Å². The maximum atomic E-state index is 4.48. The van der Waals surface area contributed by atoms with Crippen molar-refractivity contribution >= 4 is 21.7 Å². The summed E-state index contributed by atoms with van der Waals surface area (Å²) >= 11 is 3.42. The summed E-state index contributed by atoms with van der Waals surface area (Å²) in [4.78, 5) is 8.80. The minimum absolute atomic E-state index is 0.690. The van der Waals surface area contributed by atoms with Crippen LogP contribution >= 0.6 is 15.9 Å². The third-order valence-corrected chi connectivity index (χ3v) is 2.92. The Bertz CT molecular complexity index is 535. The predicted octanol–water partition coefficient (Wildman–Crippen LogP) is 2.38. The van der Waals surface area contributed by atoms with Crippen LogP contribution in [0.15, 0.2) is 16.9 Å². The monoisotopic (exact) mass is 295 g/mol. The van der Waals surface area contributed by atoms with Crippen molar-refractivity contribution in [2.24, 2.45) is 7.05 Å². The van der Waals surface area contributed by atoms with Crippen LogP contribution in [0.3, 0.4) is 0 Å². The molecule has 2 rings (SSSR count). The minimum atomic E-state index is 0.690. The van der Waals surface area contributed by atoms with E-state index in [1.807, 2.05) is 27.1 Å². The zero-order valence-corrected chi connectivity index (χ0v) is 11.6. The van der Waals surface area contributed by atoms with E-state index < -0.39 is 0 Å². The molecule has 0 fully saturated rings. The Hall–Kier alpha value is -1.43. The molecule has 90 valence electrons. The fourth-order valence-corrected chi connectivity index (χ4v) is 1.94. The number of anilines is 1. The molecule has 6 heteroatoms. The van der Waals surface area contributed by atoms with Gasteiger partial charge in [-0.15, -0.1) is 0 Å². The van der Waals surface area contributed by atoms with Crippen LogP contribution in [0.2, 0.25) is 0 Å². The van der Waals surface area contributed by atoms with E-state index in [-0.39, 0.29) is 0 Å². The Balaban J connectivity index is 2.46. The quantitative estimate of drug-likeness (QED) is 0.945. The van der Waals surface area contributed by atoms with Crippen molar-refractivity contribution in [3.05, 3.63) is 22.6 Å². The van der Waals surface area contributed by atoms with Crippen LogP contribution in [-0.2, 0) is 7.05 Å². The van der Waals surface area contributed by atoms with E-state index in [4.69, 9.17) is 0 Å². The van der Waals surface area contributed by atoms with E-state index in [1.54, 1.807) is 10.9 Å². The summed E-state index contributed by atoms with van der Waals surface area (Å²) in [5.74, 6) is 1.50. The van der Waals surface area contributed by atoms with Gasteiger partial charge in [-0.2, -0.15) is 5.10 Å². The first-order chi connectivity index (χ1) is 8.11. The van der Waals surface area contributed by atoms with Gasteiger partial charge in [-0.25, -0.2) is 9.97 Å². The third-order valence-electron chi connectivity index (χ3n) is 2.34. The number of aryl methyl sites for hydroxylation is 2.